The molecule has 1 amide bonds. The van der Waals surface area contributed by atoms with E-state index in [1.165, 1.54) is 17.4 Å². The number of aryl methyl sites for hydroxylation is 2. The molecule has 2 aromatic rings. The number of amides is 1. The van der Waals surface area contributed by atoms with Gasteiger partial charge in [0.25, 0.3) is 5.91 Å². The van der Waals surface area contributed by atoms with Gasteiger partial charge in [0.05, 0.1) is 5.54 Å². The lowest BCUT2D eigenvalue weighted by molar-refractivity contribution is -0.128. The third-order valence-corrected chi connectivity index (χ3v) is 9.76. The van der Waals surface area contributed by atoms with Crippen LogP contribution in [0.4, 0.5) is 0 Å². The van der Waals surface area contributed by atoms with Crippen LogP contribution in [0.3, 0.4) is 0 Å². The van der Waals surface area contributed by atoms with Crippen molar-refractivity contribution in [1.82, 2.24) is 4.90 Å². The minimum Gasteiger partial charge on any atom is -0.487 e. The zero-order valence-electron chi connectivity index (χ0n) is 27.3. The standard InChI is InChI=1S/C35H53NO4/c1-14-34(15-2,27-17-19-29(23(4)21-27)31(38)36(13)33(11,12)25(6)37)28-18-20-30(24(5)22-28)40-26(7)35(39,16-3)32(8,9)10/h17-22,26,39H,14-16H2,1-13H3. The molecule has 222 valence electrons. The molecule has 5 heteroatoms. The Labute approximate surface area is 243 Å². The average molecular weight is 552 g/mol. The molecule has 0 bridgehead atoms. The molecular formula is C35H53NO4. The summed E-state index contributed by atoms with van der Waals surface area (Å²) in [5.41, 5.74) is 2.50. The molecule has 0 aliphatic rings. The van der Waals surface area contributed by atoms with Crippen LogP contribution in [-0.4, -0.2) is 46.0 Å². The van der Waals surface area contributed by atoms with Crippen molar-refractivity contribution in [3.63, 3.8) is 0 Å². The van der Waals surface area contributed by atoms with Crippen molar-refractivity contribution in [3.8, 4) is 5.75 Å². The minimum absolute atomic E-state index is 0.0522. The van der Waals surface area contributed by atoms with E-state index in [9.17, 15) is 14.7 Å². The minimum atomic E-state index is -0.959. The van der Waals surface area contributed by atoms with Crippen LogP contribution in [0.1, 0.15) is 121 Å². The topological polar surface area (TPSA) is 66.8 Å². The lowest BCUT2D eigenvalue weighted by Gasteiger charge is -2.44. The number of Topliss-reactive ketones (excluding diaryl/α,β-unsaturated/α-hetero) is 1. The second-order valence-corrected chi connectivity index (χ2v) is 13.1. The number of carbonyl (C=O) groups is 2. The van der Waals surface area contributed by atoms with Crippen molar-refractivity contribution >= 4 is 11.7 Å². The van der Waals surface area contributed by atoms with Crippen molar-refractivity contribution in [2.75, 3.05) is 7.05 Å². The molecule has 0 aliphatic carbocycles. The molecule has 2 unspecified atom stereocenters. The fourth-order valence-corrected chi connectivity index (χ4v) is 5.90. The Morgan fingerprint density at radius 2 is 1.38 bits per heavy atom. The molecule has 0 radical (unpaired) electrons. The van der Waals surface area contributed by atoms with Crippen molar-refractivity contribution in [2.24, 2.45) is 5.41 Å². The summed E-state index contributed by atoms with van der Waals surface area (Å²) in [5.74, 6) is 0.571. The first-order valence-corrected chi connectivity index (χ1v) is 14.7. The van der Waals surface area contributed by atoms with Crippen LogP contribution in [-0.2, 0) is 10.2 Å². The summed E-state index contributed by atoms with van der Waals surface area (Å²) in [5, 5.41) is 11.4. The number of carbonyl (C=O) groups excluding carboxylic acids is 2. The van der Waals surface area contributed by atoms with Gasteiger partial charge in [-0.2, -0.15) is 0 Å². The highest BCUT2D eigenvalue weighted by Gasteiger charge is 2.45. The second-order valence-electron chi connectivity index (χ2n) is 13.1. The maximum Gasteiger partial charge on any atom is 0.254 e. The lowest BCUT2D eigenvalue weighted by Crippen LogP contribution is -2.53. The third kappa shape index (κ3) is 6.00. The van der Waals surface area contributed by atoms with E-state index in [1.54, 1.807) is 20.9 Å². The van der Waals surface area contributed by atoms with E-state index in [-0.39, 0.29) is 28.6 Å². The quantitative estimate of drug-likeness (QED) is 0.309. The van der Waals surface area contributed by atoms with Gasteiger partial charge in [-0.25, -0.2) is 0 Å². The molecule has 2 rings (SSSR count). The van der Waals surface area contributed by atoms with Gasteiger partial charge >= 0.3 is 0 Å². The smallest absolute Gasteiger partial charge is 0.254 e. The van der Waals surface area contributed by atoms with Gasteiger partial charge in [-0.05, 0) is 101 Å². The number of ketones is 1. The highest BCUT2D eigenvalue weighted by Crippen LogP contribution is 2.42. The van der Waals surface area contributed by atoms with Gasteiger partial charge in [0.15, 0.2) is 5.78 Å². The maximum atomic E-state index is 13.4. The molecule has 2 aromatic carbocycles. The summed E-state index contributed by atoms with van der Waals surface area (Å²) in [6, 6.07) is 12.5. The van der Waals surface area contributed by atoms with Crippen LogP contribution < -0.4 is 4.74 Å². The molecular weight excluding hydrogens is 498 g/mol. The first kappa shape index (κ1) is 33.5. The summed E-state index contributed by atoms with van der Waals surface area (Å²) in [4.78, 5) is 27.0. The normalized spacial score (nSPS) is 14.8. The summed E-state index contributed by atoms with van der Waals surface area (Å²) in [6.07, 6.45) is 2.01. The van der Waals surface area contributed by atoms with Crippen LogP contribution in [0.25, 0.3) is 0 Å². The van der Waals surface area contributed by atoms with E-state index in [0.29, 0.717) is 12.0 Å². The van der Waals surface area contributed by atoms with Crippen molar-refractivity contribution in [3.05, 3.63) is 64.2 Å². The van der Waals surface area contributed by atoms with Crippen LogP contribution in [0, 0.1) is 19.3 Å². The van der Waals surface area contributed by atoms with Gasteiger partial charge in [0, 0.05) is 18.0 Å². The summed E-state index contributed by atoms with van der Waals surface area (Å²) < 4.78 is 6.38. The molecule has 0 saturated carbocycles. The van der Waals surface area contributed by atoms with Gasteiger partial charge in [-0.15, -0.1) is 0 Å². The molecule has 5 nitrogen and oxygen atoms in total. The Balaban J connectivity index is 2.48. The van der Waals surface area contributed by atoms with E-state index < -0.39 is 11.1 Å². The lowest BCUT2D eigenvalue weighted by atomic mass is 9.69. The zero-order chi connectivity index (χ0) is 30.8. The van der Waals surface area contributed by atoms with Gasteiger partial charge in [0.1, 0.15) is 17.5 Å². The van der Waals surface area contributed by atoms with Crippen LogP contribution >= 0.6 is 0 Å². The molecule has 1 N–H and O–H groups in total. The molecule has 0 fully saturated rings. The Hall–Kier alpha value is -2.66. The van der Waals surface area contributed by atoms with E-state index in [2.05, 4.69) is 45.0 Å². The van der Waals surface area contributed by atoms with Gasteiger partial charge < -0.3 is 14.7 Å². The van der Waals surface area contributed by atoms with Crippen LogP contribution in [0.5, 0.6) is 5.75 Å². The number of rotatable bonds is 11. The molecule has 0 spiro atoms. The molecule has 0 heterocycles. The number of likely N-dealkylation sites (N-methyl/N-ethyl adjacent to an activating group) is 1. The summed E-state index contributed by atoms with van der Waals surface area (Å²) >= 11 is 0. The first-order chi connectivity index (χ1) is 18.3. The first-order valence-electron chi connectivity index (χ1n) is 14.7. The fraction of sp³-hybridized carbons (Fsp3) is 0.600. The Bertz CT molecular complexity index is 1220. The largest absolute Gasteiger partial charge is 0.487 e. The number of hydrogen-bond acceptors (Lipinski definition) is 4. The van der Waals surface area contributed by atoms with Crippen molar-refractivity contribution in [1.29, 1.82) is 0 Å². The van der Waals surface area contributed by atoms with Gasteiger partial charge in [-0.1, -0.05) is 65.8 Å². The van der Waals surface area contributed by atoms with E-state index >= 15 is 0 Å². The van der Waals surface area contributed by atoms with Gasteiger partial charge in [0.2, 0.25) is 0 Å². The number of hydrogen-bond donors (Lipinski definition) is 1. The average Bonchev–Trinajstić information content (AvgIpc) is 2.88. The molecule has 0 aromatic heterocycles. The predicted octanol–water partition coefficient (Wildman–Crippen LogP) is 7.80. The molecule has 0 aliphatic heterocycles. The Morgan fingerprint density at radius 3 is 1.77 bits per heavy atom. The highest BCUT2D eigenvalue weighted by atomic mass is 16.5. The summed E-state index contributed by atoms with van der Waals surface area (Å²) in [6.45, 7) is 23.6. The van der Waals surface area contributed by atoms with Gasteiger partial charge in [-0.3, -0.25) is 9.59 Å². The monoisotopic (exact) mass is 551 g/mol. The molecule has 0 saturated heterocycles. The maximum absolute atomic E-state index is 13.4. The molecule has 40 heavy (non-hydrogen) atoms. The van der Waals surface area contributed by atoms with E-state index in [0.717, 1.165) is 35.3 Å². The zero-order valence-corrected chi connectivity index (χ0v) is 27.3. The highest BCUT2D eigenvalue weighted by molar-refractivity contribution is 5.99. The number of nitrogens with zero attached hydrogens (tertiary/aromatic N) is 1. The van der Waals surface area contributed by atoms with E-state index in [1.807, 2.05) is 53.7 Å². The second kappa shape index (κ2) is 12.1. The van der Waals surface area contributed by atoms with Crippen LogP contribution in [0.2, 0.25) is 0 Å². The number of aliphatic hydroxyl groups is 1. The third-order valence-electron chi connectivity index (χ3n) is 9.76. The van der Waals surface area contributed by atoms with Crippen molar-refractivity contribution in [2.45, 2.75) is 125 Å². The van der Waals surface area contributed by atoms with Crippen LogP contribution in [0.15, 0.2) is 36.4 Å². The fourth-order valence-electron chi connectivity index (χ4n) is 5.90. The van der Waals surface area contributed by atoms with E-state index in [4.69, 9.17) is 4.74 Å². The number of benzene rings is 2. The Kier molecular flexibility index (Phi) is 10.1. The molecule has 2 atom stereocenters. The Morgan fingerprint density at radius 1 is 0.875 bits per heavy atom. The number of ether oxygens (including phenoxy) is 1. The van der Waals surface area contributed by atoms with Crippen molar-refractivity contribution < 1.29 is 19.4 Å². The predicted molar refractivity (Wildman–Crippen MR) is 165 cm³/mol. The SMILES string of the molecule is CCC(CC)(c1ccc(OC(C)C(O)(CC)C(C)(C)C)c(C)c1)c1ccc(C(=O)N(C)C(C)(C)C(C)=O)c(C)c1. The summed E-state index contributed by atoms with van der Waals surface area (Å²) in [7, 11) is 1.69.